The SMILES string of the molecule is CC[C@](O)(c1nnc(NCc2ccc3c(-c4ccc(F)cc4)cc(=O)oc3c2)o1)C(F)(F)F.Cc1ccc(S(=O)(=O)O)cc1. The molecule has 0 aliphatic rings. The van der Waals surface area contributed by atoms with Crippen LogP contribution in [0.3, 0.4) is 0 Å². The molecular formula is C29H25F4N3O7S. The summed E-state index contributed by atoms with van der Waals surface area (Å²) in [6, 6.07) is 17.6. The van der Waals surface area contributed by atoms with Gasteiger partial charge >= 0.3 is 17.8 Å². The molecule has 5 aromatic rings. The molecule has 0 spiro atoms. The monoisotopic (exact) mass is 635 g/mol. The van der Waals surface area contributed by atoms with Crippen molar-refractivity contribution in [2.45, 2.75) is 43.5 Å². The summed E-state index contributed by atoms with van der Waals surface area (Å²) in [5, 5.41) is 20.0. The number of alkyl halides is 3. The number of benzene rings is 3. The van der Waals surface area contributed by atoms with Crippen LogP contribution in [0.5, 0.6) is 0 Å². The van der Waals surface area contributed by atoms with Crippen molar-refractivity contribution < 1.29 is 44.5 Å². The number of nitrogens with one attached hydrogen (secondary N) is 1. The van der Waals surface area contributed by atoms with Crippen LogP contribution in [-0.4, -0.2) is 34.5 Å². The molecule has 0 saturated heterocycles. The zero-order valence-corrected chi connectivity index (χ0v) is 23.9. The number of fused-ring (bicyclic) bond motifs is 1. The van der Waals surface area contributed by atoms with Crippen molar-refractivity contribution in [3.05, 3.63) is 106 Å². The van der Waals surface area contributed by atoms with Gasteiger partial charge < -0.3 is 19.3 Å². The molecule has 5 rings (SSSR count). The Morgan fingerprint density at radius 1 is 0.932 bits per heavy atom. The summed E-state index contributed by atoms with van der Waals surface area (Å²) >= 11 is 0. The zero-order valence-electron chi connectivity index (χ0n) is 23.1. The highest BCUT2D eigenvalue weighted by Crippen LogP contribution is 2.41. The Labute approximate surface area is 247 Å². The number of hydrogen-bond acceptors (Lipinski definition) is 9. The van der Waals surface area contributed by atoms with E-state index in [0.29, 0.717) is 22.1 Å². The minimum absolute atomic E-state index is 0.0542. The van der Waals surface area contributed by atoms with Crippen molar-refractivity contribution in [1.82, 2.24) is 10.2 Å². The maximum Gasteiger partial charge on any atom is 0.426 e. The predicted molar refractivity (Wildman–Crippen MR) is 151 cm³/mol. The molecule has 1 atom stereocenters. The maximum atomic E-state index is 13.2. The van der Waals surface area contributed by atoms with Gasteiger partial charge in [-0.25, -0.2) is 9.18 Å². The van der Waals surface area contributed by atoms with Crippen LogP contribution in [0.4, 0.5) is 23.6 Å². The van der Waals surface area contributed by atoms with Gasteiger partial charge in [-0.15, -0.1) is 5.10 Å². The van der Waals surface area contributed by atoms with E-state index >= 15 is 0 Å². The van der Waals surface area contributed by atoms with Crippen molar-refractivity contribution in [2.75, 3.05) is 5.32 Å². The summed E-state index contributed by atoms with van der Waals surface area (Å²) in [6.45, 7) is 3.04. The molecule has 2 aromatic heterocycles. The van der Waals surface area contributed by atoms with E-state index in [-0.39, 0.29) is 23.0 Å². The lowest BCUT2D eigenvalue weighted by Gasteiger charge is -2.25. The highest BCUT2D eigenvalue weighted by Gasteiger charge is 2.57. The third-order valence-electron chi connectivity index (χ3n) is 6.49. The van der Waals surface area contributed by atoms with Gasteiger partial charge in [-0.05, 0) is 60.4 Å². The molecule has 0 unspecified atom stereocenters. The van der Waals surface area contributed by atoms with E-state index in [1.807, 2.05) is 6.92 Å². The van der Waals surface area contributed by atoms with Crippen LogP contribution in [0, 0.1) is 12.7 Å². The average molecular weight is 636 g/mol. The third kappa shape index (κ3) is 7.30. The van der Waals surface area contributed by atoms with E-state index in [0.717, 1.165) is 12.5 Å². The fourth-order valence-corrected chi connectivity index (χ4v) is 4.49. The van der Waals surface area contributed by atoms with Gasteiger partial charge in [-0.1, -0.05) is 54.0 Å². The van der Waals surface area contributed by atoms with Gasteiger partial charge in [0.25, 0.3) is 16.0 Å². The van der Waals surface area contributed by atoms with Crippen LogP contribution in [-0.2, 0) is 22.3 Å². The van der Waals surface area contributed by atoms with Gasteiger partial charge in [0.15, 0.2) is 0 Å². The Bertz CT molecular complexity index is 1920. The van der Waals surface area contributed by atoms with E-state index in [2.05, 4.69) is 15.5 Å². The van der Waals surface area contributed by atoms with Gasteiger partial charge in [0.05, 0.1) is 4.90 Å². The average Bonchev–Trinajstić information content (AvgIpc) is 3.44. The molecule has 15 heteroatoms. The molecule has 0 amide bonds. The quantitative estimate of drug-likeness (QED) is 0.110. The van der Waals surface area contributed by atoms with Crippen LogP contribution < -0.4 is 10.9 Å². The highest BCUT2D eigenvalue weighted by atomic mass is 32.2. The Morgan fingerprint density at radius 2 is 1.59 bits per heavy atom. The molecule has 0 fully saturated rings. The lowest BCUT2D eigenvalue weighted by molar-refractivity contribution is -0.275. The first-order valence-corrected chi connectivity index (χ1v) is 14.3. The van der Waals surface area contributed by atoms with Crippen LogP contribution >= 0.6 is 0 Å². The predicted octanol–water partition coefficient (Wildman–Crippen LogP) is 6.00. The standard InChI is InChI=1S/C22H17F4N3O4.C7H8O3S/c1-2-21(31,22(24,25)26)19-28-29-20(33-19)27-11-12-3-8-15-16(10-18(30)32-17(15)9-12)13-4-6-14(23)7-5-13;1-6-2-4-7(5-3-6)11(8,9)10/h3-10,31H,2,11H2,1H3,(H,27,29);2-5H,1H3,(H,8,9,10)/t21-;/m0./s1. The van der Waals surface area contributed by atoms with Crippen molar-refractivity contribution >= 4 is 27.1 Å². The van der Waals surface area contributed by atoms with Crippen molar-refractivity contribution in [3.63, 3.8) is 0 Å². The lowest BCUT2D eigenvalue weighted by Crippen LogP contribution is -2.42. The zero-order chi connectivity index (χ0) is 32.3. The molecular weight excluding hydrogens is 610 g/mol. The van der Waals surface area contributed by atoms with Crippen molar-refractivity contribution in [3.8, 4) is 11.1 Å². The van der Waals surface area contributed by atoms with E-state index in [4.69, 9.17) is 13.4 Å². The van der Waals surface area contributed by atoms with Gasteiger partial charge in [0.1, 0.15) is 11.4 Å². The number of halogens is 4. The van der Waals surface area contributed by atoms with Crippen molar-refractivity contribution in [1.29, 1.82) is 0 Å². The molecule has 44 heavy (non-hydrogen) atoms. The van der Waals surface area contributed by atoms with Crippen LogP contribution in [0.2, 0.25) is 0 Å². The first-order chi connectivity index (χ1) is 20.6. The fraction of sp³-hybridized carbons (Fsp3) is 0.207. The number of hydrogen-bond donors (Lipinski definition) is 3. The normalized spacial score (nSPS) is 13.2. The Balaban J connectivity index is 0.000000339. The molecule has 0 bridgehead atoms. The largest absolute Gasteiger partial charge is 0.426 e. The van der Waals surface area contributed by atoms with Gasteiger partial charge in [-0.2, -0.15) is 21.6 Å². The number of aryl methyl sites for hydroxylation is 1. The topological polar surface area (TPSA) is 156 Å². The molecule has 0 aliphatic heterocycles. The minimum Gasteiger partial charge on any atom is -0.423 e. The summed E-state index contributed by atoms with van der Waals surface area (Å²) in [7, 11) is -4.02. The van der Waals surface area contributed by atoms with Crippen molar-refractivity contribution in [2.24, 2.45) is 0 Å². The van der Waals surface area contributed by atoms with E-state index in [1.165, 1.54) is 30.3 Å². The molecule has 0 aliphatic carbocycles. The molecule has 10 nitrogen and oxygen atoms in total. The van der Waals surface area contributed by atoms with Crippen LogP contribution in [0.1, 0.15) is 30.4 Å². The third-order valence-corrected chi connectivity index (χ3v) is 7.35. The van der Waals surface area contributed by atoms with Crippen LogP contribution in [0.15, 0.2) is 91.3 Å². The minimum atomic E-state index is -4.98. The number of aromatic nitrogens is 2. The highest BCUT2D eigenvalue weighted by molar-refractivity contribution is 7.85. The summed E-state index contributed by atoms with van der Waals surface area (Å²) < 4.78 is 92.5. The van der Waals surface area contributed by atoms with Gasteiger partial charge in [0, 0.05) is 18.0 Å². The Hall–Kier alpha value is -4.60. The number of anilines is 1. The first kappa shape index (κ1) is 32.3. The summed E-state index contributed by atoms with van der Waals surface area (Å²) in [6.07, 6.45) is -5.68. The molecule has 0 radical (unpaired) electrons. The second-order valence-electron chi connectivity index (χ2n) is 9.58. The fourth-order valence-electron chi connectivity index (χ4n) is 4.01. The number of aliphatic hydroxyl groups is 1. The van der Waals surface area contributed by atoms with Gasteiger partial charge in [-0.3, -0.25) is 4.55 Å². The molecule has 3 aromatic carbocycles. The first-order valence-electron chi connectivity index (χ1n) is 12.8. The van der Waals surface area contributed by atoms with E-state index < -0.39 is 45.6 Å². The number of nitrogens with zero attached hydrogens (tertiary/aromatic N) is 2. The maximum absolute atomic E-state index is 13.2. The molecule has 3 N–H and O–H groups in total. The Morgan fingerprint density at radius 3 is 2.18 bits per heavy atom. The summed E-state index contributed by atoms with van der Waals surface area (Å²) in [5.41, 5.74) is -0.826. The summed E-state index contributed by atoms with van der Waals surface area (Å²) in [4.78, 5) is 12.0. The smallest absolute Gasteiger partial charge is 0.423 e. The summed E-state index contributed by atoms with van der Waals surface area (Å²) in [5.74, 6) is -1.37. The molecule has 232 valence electrons. The van der Waals surface area contributed by atoms with Gasteiger partial charge in [0.2, 0.25) is 5.60 Å². The van der Waals surface area contributed by atoms with E-state index in [1.54, 1.807) is 42.5 Å². The Kier molecular flexibility index (Phi) is 9.22. The lowest BCUT2D eigenvalue weighted by atomic mass is 10.0. The number of rotatable bonds is 7. The second kappa shape index (κ2) is 12.6. The second-order valence-corrected chi connectivity index (χ2v) is 11.0. The molecule has 0 saturated carbocycles. The molecule has 2 heterocycles. The van der Waals surface area contributed by atoms with E-state index in [9.17, 15) is 35.9 Å². The van der Waals surface area contributed by atoms with Crippen LogP contribution in [0.25, 0.3) is 22.1 Å².